The van der Waals surface area contributed by atoms with E-state index in [0.29, 0.717) is 31.3 Å². The van der Waals surface area contributed by atoms with Gasteiger partial charge in [-0.15, -0.1) is 10.2 Å². The zero-order valence-corrected chi connectivity index (χ0v) is 14.6. The molecule has 1 aliphatic rings. The third-order valence-corrected chi connectivity index (χ3v) is 5.93. The highest BCUT2D eigenvalue weighted by Crippen LogP contribution is 2.23. The van der Waals surface area contributed by atoms with Crippen LogP contribution in [-0.4, -0.2) is 48.2 Å². The van der Waals surface area contributed by atoms with Crippen molar-refractivity contribution in [1.82, 2.24) is 15.1 Å². The Balaban J connectivity index is 1.78. The second-order valence-corrected chi connectivity index (χ2v) is 8.25. The van der Waals surface area contributed by atoms with Crippen LogP contribution >= 0.6 is 0 Å². The average molecular weight is 351 g/mol. The predicted molar refractivity (Wildman–Crippen MR) is 88.3 cm³/mol. The number of hydrogen-bond donors (Lipinski definition) is 0. The SMILES string of the molecule is COc1ccc(CN(Cc2nnc(C)o2)C2CCS(=O)(=O)C2)cc1. The van der Waals surface area contributed by atoms with Gasteiger partial charge in [-0.25, -0.2) is 8.42 Å². The minimum atomic E-state index is -2.96. The van der Waals surface area contributed by atoms with Crippen molar-refractivity contribution in [1.29, 1.82) is 0 Å². The maximum Gasteiger partial charge on any atom is 0.230 e. The Labute approximate surface area is 141 Å². The monoisotopic (exact) mass is 351 g/mol. The Morgan fingerprint density at radius 1 is 1.25 bits per heavy atom. The number of aryl methyl sites for hydroxylation is 1. The van der Waals surface area contributed by atoms with Crippen molar-refractivity contribution in [3.63, 3.8) is 0 Å². The number of methoxy groups -OCH3 is 1. The number of hydrogen-bond acceptors (Lipinski definition) is 7. The van der Waals surface area contributed by atoms with Gasteiger partial charge in [0.25, 0.3) is 0 Å². The van der Waals surface area contributed by atoms with E-state index in [4.69, 9.17) is 9.15 Å². The van der Waals surface area contributed by atoms with Crippen LogP contribution in [0.25, 0.3) is 0 Å². The molecule has 0 aliphatic carbocycles. The van der Waals surface area contributed by atoms with Gasteiger partial charge < -0.3 is 9.15 Å². The van der Waals surface area contributed by atoms with E-state index in [2.05, 4.69) is 15.1 Å². The molecule has 0 radical (unpaired) electrons. The van der Waals surface area contributed by atoms with Crippen LogP contribution in [0.1, 0.15) is 23.8 Å². The Kier molecular flexibility index (Phi) is 4.86. The first-order chi connectivity index (χ1) is 11.4. The van der Waals surface area contributed by atoms with Crippen molar-refractivity contribution >= 4 is 9.84 Å². The summed E-state index contributed by atoms with van der Waals surface area (Å²) in [6, 6.07) is 7.72. The molecule has 0 bridgehead atoms. The van der Waals surface area contributed by atoms with E-state index in [1.165, 1.54) is 0 Å². The van der Waals surface area contributed by atoms with Crippen LogP contribution in [0.5, 0.6) is 5.75 Å². The van der Waals surface area contributed by atoms with Crippen molar-refractivity contribution in [2.24, 2.45) is 0 Å². The fourth-order valence-corrected chi connectivity index (χ4v) is 4.68. The molecule has 7 nitrogen and oxygen atoms in total. The first-order valence-corrected chi connectivity index (χ1v) is 9.64. The van der Waals surface area contributed by atoms with E-state index in [0.717, 1.165) is 11.3 Å². The molecule has 0 saturated carbocycles. The van der Waals surface area contributed by atoms with Gasteiger partial charge in [0.05, 0.1) is 25.2 Å². The van der Waals surface area contributed by atoms with Crippen LogP contribution in [0, 0.1) is 6.92 Å². The molecule has 0 spiro atoms. The van der Waals surface area contributed by atoms with Crippen molar-refractivity contribution < 1.29 is 17.6 Å². The maximum atomic E-state index is 11.8. The molecule has 1 aromatic heterocycles. The number of ether oxygens (including phenoxy) is 1. The van der Waals surface area contributed by atoms with Crippen molar-refractivity contribution in [2.75, 3.05) is 18.6 Å². The summed E-state index contributed by atoms with van der Waals surface area (Å²) in [5.41, 5.74) is 1.08. The van der Waals surface area contributed by atoms with Gasteiger partial charge in [-0.2, -0.15) is 0 Å². The summed E-state index contributed by atoms with van der Waals surface area (Å²) in [7, 11) is -1.33. The minimum absolute atomic E-state index is 0.0377. The quantitative estimate of drug-likeness (QED) is 0.781. The fraction of sp³-hybridized carbons (Fsp3) is 0.500. The number of benzene rings is 1. The molecule has 1 fully saturated rings. The maximum absolute atomic E-state index is 11.8. The highest BCUT2D eigenvalue weighted by Gasteiger charge is 2.33. The highest BCUT2D eigenvalue weighted by atomic mass is 32.2. The van der Waals surface area contributed by atoms with Gasteiger partial charge >= 0.3 is 0 Å². The van der Waals surface area contributed by atoms with E-state index in [-0.39, 0.29) is 17.5 Å². The molecular weight excluding hydrogens is 330 g/mol. The standard InChI is InChI=1S/C16H21N3O4S/c1-12-17-18-16(23-12)10-19(14-7-8-24(20,21)11-14)9-13-3-5-15(22-2)6-4-13/h3-6,14H,7-11H2,1-2H3. The third kappa shape index (κ3) is 4.12. The second-order valence-electron chi connectivity index (χ2n) is 6.02. The Bertz CT molecular complexity index is 786. The average Bonchev–Trinajstić information content (AvgIpc) is 3.12. The molecule has 0 amide bonds. The van der Waals surface area contributed by atoms with Gasteiger partial charge in [0.15, 0.2) is 9.84 Å². The van der Waals surface area contributed by atoms with Crippen LogP contribution in [0.4, 0.5) is 0 Å². The topological polar surface area (TPSA) is 85.5 Å². The summed E-state index contributed by atoms with van der Waals surface area (Å²) >= 11 is 0. The zero-order valence-electron chi connectivity index (χ0n) is 13.8. The smallest absolute Gasteiger partial charge is 0.230 e. The van der Waals surface area contributed by atoms with Gasteiger partial charge in [-0.05, 0) is 24.1 Å². The number of rotatable bonds is 6. The Hall–Kier alpha value is -1.93. The molecule has 3 rings (SSSR count). The first-order valence-electron chi connectivity index (χ1n) is 7.81. The van der Waals surface area contributed by atoms with E-state index in [1.807, 2.05) is 24.3 Å². The van der Waals surface area contributed by atoms with Gasteiger partial charge in [0.1, 0.15) is 5.75 Å². The van der Waals surface area contributed by atoms with Crippen LogP contribution in [0.2, 0.25) is 0 Å². The number of nitrogens with zero attached hydrogens (tertiary/aromatic N) is 3. The third-order valence-electron chi connectivity index (χ3n) is 4.18. The van der Waals surface area contributed by atoms with Crippen molar-refractivity contribution in [3.8, 4) is 5.75 Å². The largest absolute Gasteiger partial charge is 0.497 e. The van der Waals surface area contributed by atoms with Crippen LogP contribution in [0.15, 0.2) is 28.7 Å². The highest BCUT2D eigenvalue weighted by molar-refractivity contribution is 7.91. The lowest BCUT2D eigenvalue weighted by Crippen LogP contribution is -2.35. The molecule has 1 unspecified atom stereocenters. The van der Waals surface area contributed by atoms with Crippen molar-refractivity contribution in [2.45, 2.75) is 32.5 Å². The van der Waals surface area contributed by atoms with E-state index in [1.54, 1.807) is 14.0 Å². The second kappa shape index (κ2) is 6.90. The lowest BCUT2D eigenvalue weighted by molar-refractivity contribution is 0.175. The molecule has 24 heavy (non-hydrogen) atoms. The molecule has 1 atom stereocenters. The molecule has 0 N–H and O–H groups in total. The van der Waals surface area contributed by atoms with E-state index in [9.17, 15) is 8.42 Å². The van der Waals surface area contributed by atoms with Crippen molar-refractivity contribution in [3.05, 3.63) is 41.6 Å². The van der Waals surface area contributed by atoms with Gasteiger partial charge in [-0.3, -0.25) is 4.90 Å². The summed E-state index contributed by atoms with van der Waals surface area (Å²) in [4.78, 5) is 2.10. The molecule has 2 aromatic rings. The number of sulfone groups is 1. The Morgan fingerprint density at radius 2 is 2.00 bits per heavy atom. The van der Waals surface area contributed by atoms with Gasteiger partial charge in [0, 0.05) is 19.5 Å². The molecule has 1 saturated heterocycles. The predicted octanol–water partition coefficient (Wildman–Crippen LogP) is 1.58. The number of aromatic nitrogens is 2. The fourth-order valence-electron chi connectivity index (χ4n) is 2.92. The van der Waals surface area contributed by atoms with Crippen LogP contribution in [-0.2, 0) is 22.9 Å². The molecule has 130 valence electrons. The minimum Gasteiger partial charge on any atom is -0.497 e. The summed E-state index contributed by atoms with van der Waals surface area (Å²) < 4.78 is 34.3. The zero-order chi connectivity index (χ0) is 17.2. The van der Waals surface area contributed by atoms with Gasteiger partial charge in [0.2, 0.25) is 11.8 Å². The van der Waals surface area contributed by atoms with E-state index >= 15 is 0 Å². The lowest BCUT2D eigenvalue weighted by atomic mass is 10.1. The van der Waals surface area contributed by atoms with E-state index < -0.39 is 9.84 Å². The van der Waals surface area contributed by atoms with Gasteiger partial charge in [-0.1, -0.05) is 12.1 Å². The molecule has 8 heteroatoms. The normalized spacial score (nSPS) is 19.7. The lowest BCUT2D eigenvalue weighted by Gasteiger charge is -2.26. The Morgan fingerprint density at radius 3 is 2.54 bits per heavy atom. The molecular formula is C16H21N3O4S. The summed E-state index contributed by atoms with van der Waals surface area (Å²) in [6.07, 6.45) is 0.631. The van der Waals surface area contributed by atoms with Crippen LogP contribution < -0.4 is 4.74 Å². The first kappa shape index (κ1) is 16.9. The molecule has 2 heterocycles. The molecule has 1 aromatic carbocycles. The summed E-state index contributed by atoms with van der Waals surface area (Å²) in [5.74, 6) is 2.22. The summed E-state index contributed by atoms with van der Waals surface area (Å²) in [6.45, 7) is 2.79. The molecule has 1 aliphatic heterocycles. The summed E-state index contributed by atoms with van der Waals surface area (Å²) in [5, 5.41) is 7.88. The van der Waals surface area contributed by atoms with Crippen LogP contribution in [0.3, 0.4) is 0 Å².